The molecule has 0 aromatic heterocycles. The van der Waals surface area contributed by atoms with E-state index in [-0.39, 0.29) is 0 Å². The quantitative estimate of drug-likeness (QED) is 0.581. The van der Waals surface area contributed by atoms with Crippen molar-refractivity contribution in [3.63, 3.8) is 0 Å². The second-order valence-electron chi connectivity index (χ2n) is 1.32. The fraction of sp³-hybridized carbons (Fsp3) is 0. The Balaban J connectivity index is 3.00. The van der Waals surface area contributed by atoms with E-state index in [1.54, 1.807) is 0 Å². The molecule has 1 aliphatic heterocycles. The molecule has 0 N–H and O–H groups in total. The zero-order valence-electron chi connectivity index (χ0n) is 3.63. The standard InChI is InChI=1S/S4Si4/c1-5-6(2)8(4)7(5)3. The summed E-state index contributed by atoms with van der Waals surface area (Å²) < 4.78 is 0. The number of hydrogen-bond acceptors (Lipinski definition) is 4. The van der Waals surface area contributed by atoms with Gasteiger partial charge < -0.3 is 0 Å². The van der Waals surface area contributed by atoms with Gasteiger partial charge in [-0.1, -0.05) is 0 Å². The maximum Gasteiger partial charge on any atom is 0.137 e. The summed E-state index contributed by atoms with van der Waals surface area (Å²) in [6.07, 6.45) is 0. The third-order valence-corrected chi connectivity index (χ3v) is 66.8. The first-order valence-electron chi connectivity index (χ1n) is 1.82. The summed E-state index contributed by atoms with van der Waals surface area (Å²) in [6.45, 7) is -2.16. The van der Waals surface area contributed by atoms with Crippen LogP contribution in [0.3, 0.4) is 0 Å². The van der Waals surface area contributed by atoms with E-state index in [2.05, 4.69) is 0 Å². The van der Waals surface area contributed by atoms with Crippen molar-refractivity contribution in [1.82, 2.24) is 0 Å². The van der Waals surface area contributed by atoms with Crippen molar-refractivity contribution < 1.29 is 0 Å². The normalized spacial score (nSPS) is 19.0. The highest BCUT2D eigenvalue weighted by Crippen LogP contribution is 2.00. The van der Waals surface area contributed by atoms with Crippen molar-refractivity contribution in [3.8, 4) is 0 Å². The third-order valence-electron chi connectivity index (χ3n) is 0.825. The van der Waals surface area contributed by atoms with Crippen LogP contribution in [0.4, 0.5) is 0 Å². The molecule has 0 saturated carbocycles. The highest BCUT2D eigenvalue weighted by atomic mass is 32.3. The van der Waals surface area contributed by atoms with Gasteiger partial charge in [0.25, 0.3) is 0 Å². The van der Waals surface area contributed by atoms with E-state index in [1.165, 1.54) is 0 Å². The van der Waals surface area contributed by atoms with Gasteiger partial charge in [-0.25, -0.2) is 0 Å². The van der Waals surface area contributed by atoms with Gasteiger partial charge in [0.1, 0.15) is 26.2 Å². The summed E-state index contributed by atoms with van der Waals surface area (Å²) in [4.78, 5) is 0. The monoisotopic (exact) mass is 240 g/mol. The zero-order valence-corrected chi connectivity index (χ0v) is 10.9. The van der Waals surface area contributed by atoms with Gasteiger partial charge in [-0.05, 0) is 0 Å². The molecule has 1 rings (SSSR count). The SMILES string of the molecule is S=[Si]1[Si](=S)[Si](=S)[Si]1=S. The number of hydrogen-bond donors (Lipinski definition) is 0. The average molecular weight is 241 g/mol. The lowest BCUT2D eigenvalue weighted by molar-refractivity contribution is 3.63. The Morgan fingerprint density at radius 1 is 0.500 bits per heavy atom. The van der Waals surface area contributed by atoms with Gasteiger partial charge in [0, 0.05) is 0 Å². The fourth-order valence-corrected chi connectivity index (χ4v) is 74.9. The fourth-order valence-electron chi connectivity index (χ4n) is 0.350. The van der Waals surface area contributed by atoms with Crippen LogP contribution in [0.25, 0.3) is 0 Å². The molecule has 8 heavy (non-hydrogen) atoms. The molecule has 0 radical (unpaired) electrons. The van der Waals surface area contributed by atoms with Gasteiger partial charge in [0.05, 0.1) is 0 Å². The molecule has 0 unspecified atom stereocenters. The van der Waals surface area contributed by atoms with E-state index >= 15 is 0 Å². The second-order valence-corrected chi connectivity index (χ2v) is 35.5. The molecule has 0 spiro atoms. The maximum absolute atomic E-state index is 5.13. The molecule has 0 amide bonds. The van der Waals surface area contributed by atoms with Gasteiger partial charge in [0.2, 0.25) is 0 Å². The molecule has 1 saturated heterocycles. The molecule has 0 atom stereocenters. The highest BCUT2D eigenvalue weighted by Gasteiger charge is 2.34. The molecule has 1 fully saturated rings. The lowest BCUT2D eigenvalue weighted by Crippen LogP contribution is -2.54. The van der Waals surface area contributed by atoms with Crippen LogP contribution >= 0.6 is 46.5 Å². The minimum atomic E-state index is -0.540. The van der Waals surface area contributed by atoms with Crippen molar-refractivity contribution in [2.45, 2.75) is 0 Å². The first-order chi connectivity index (χ1) is 3.64. The van der Waals surface area contributed by atoms with Crippen molar-refractivity contribution in [3.05, 3.63) is 0 Å². The molecule has 0 aromatic rings. The summed E-state index contributed by atoms with van der Waals surface area (Å²) in [7, 11) is 0. The van der Waals surface area contributed by atoms with E-state index in [1.807, 2.05) is 0 Å². The van der Waals surface area contributed by atoms with Crippen molar-refractivity contribution in [2.75, 3.05) is 0 Å². The Labute approximate surface area is 72.1 Å². The third kappa shape index (κ3) is 1.12. The lowest BCUT2D eigenvalue weighted by atomic mass is 26.0. The first-order valence-corrected chi connectivity index (χ1v) is 16.3. The lowest BCUT2D eigenvalue weighted by Gasteiger charge is -2.11. The van der Waals surface area contributed by atoms with Crippen molar-refractivity contribution >= 4 is 72.7 Å². The molecule has 40 valence electrons. The van der Waals surface area contributed by atoms with E-state index in [0.717, 1.165) is 0 Å². The Kier molecular flexibility index (Phi) is 2.73. The molecule has 0 aliphatic carbocycles. The van der Waals surface area contributed by atoms with Crippen LogP contribution in [0.1, 0.15) is 0 Å². The Bertz CT molecular complexity index is 148. The Morgan fingerprint density at radius 2 is 0.625 bits per heavy atom. The van der Waals surface area contributed by atoms with Gasteiger partial charge in [0.15, 0.2) is 0 Å². The van der Waals surface area contributed by atoms with Crippen LogP contribution in [-0.2, 0) is 0 Å². The maximum atomic E-state index is 5.13. The summed E-state index contributed by atoms with van der Waals surface area (Å²) in [5, 5.41) is 0. The van der Waals surface area contributed by atoms with Crippen molar-refractivity contribution in [1.29, 1.82) is 0 Å². The Morgan fingerprint density at radius 3 is 0.750 bits per heavy atom. The van der Waals surface area contributed by atoms with Crippen LogP contribution in [0.2, 0.25) is 0 Å². The van der Waals surface area contributed by atoms with Gasteiger partial charge in [-0.3, -0.25) is 0 Å². The minimum Gasteiger partial charge on any atom is -0.137 e. The Hall–Kier alpha value is 1.75. The van der Waals surface area contributed by atoms with Crippen LogP contribution in [0, 0.1) is 0 Å². The average Bonchev–Trinajstić information content (AvgIpc) is 1.83. The van der Waals surface area contributed by atoms with Crippen molar-refractivity contribution in [2.24, 2.45) is 0 Å². The zero-order chi connectivity index (χ0) is 6.31. The van der Waals surface area contributed by atoms with Gasteiger partial charge in [-0.2, -0.15) is 0 Å². The summed E-state index contributed by atoms with van der Waals surface area (Å²) in [5.74, 6) is 0. The van der Waals surface area contributed by atoms with Gasteiger partial charge >= 0.3 is 0 Å². The first kappa shape index (κ1) is 7.85. The van der Waals surface area contributed by atoms with E-state index < -0.39 is 26.2 Å². The smallest absolute Gasteiger partial charge is 0.137 e. The number of rotatable bonds is 0. The molecule has 1 heterocycles. The van der Waals surface area contributed by atoms with Gasteiger partial charge in [-0.15, -0.1) is 46.5 Å². The largest absolute Gasteiger partial charge is 0.137 e. The summed E-state index contributed by atoms with van der Waals surface area (Å²) >= 11 is 20.5. The summed E-state index contributed by atoms with van der Waals surface area (Å²) in [6, 6.07) is 0. The van der Waals surface area contributed by atoms with Crippen LogP contribution in [0.5, 0.6) is 0 Å². The second kappa shape index (κ2) is 2.78. The molecule has 8 heteroatoms. The molecule has 1 aliphatic rings. The molecular formula is S4Si4. The highest BCUT2D eigenvalue weighted by molar-refractivity contribution is 8.39. The molecule has 0 bridgehead atoms. The minimum absolute atomic E-state index is 0.540. The topological polar surface area (TPSA) is 0 Å². The van der Waals surface area contributed by atoms with Crippen LogP contribution in [0.15, 0.2) is 0 Å². The van der Waals surface area contributed by atoms with E-state index in [0.29, 0.717) is 0 Å². The molecular weight excluding hydrogens is 241 g/mol. The molecule has 0 aromatic carbocycles. The van der Waals surface area contributed by atoms with Crippen LogP contribution in [-0.4, -0.2) is 26.2 Å². The van der Waals surface area contributed by atoms with E-state index in [4.69, 9.17) is 46.5 Å². The molecule has 0 nitrogen and oxygen atoms in total. The predicted molar refractivity (Wildman–Crippen MR) is 53.4 cm³/mol. The van der Waals surface area contributed by atoms with Crippen LogP contribution < -0.4 is 0 Å². The predicted octanol–water partition coefficient (Wildman–Crippen LogP) is 1.07. The summed E-state index contributed by atoms with van der Waals surface area (Å²) in [5.41, 5.74) is 0. The van der Waals surface area contributed by atoms with E-state index in [9.17, 15) is 0 Å².